The minimum absolute atomic E-state index is 0.0906. The van der Waals surface area contributed by atoms with Crippen molar-refractivity contribution < 1.29 is 43.2 Å². The number of likely N-dealkylation sites (N-methyl/N-ethyl adjacent to an activating group) is 1. The van der Waals surface area contributed by atoms with E-state index in [1.165, 1.54) is 0 Å². The number of benzene rings is 1. The van der Waals surface area contributed by atoms with Gasteiger partial charge in [0.2, 0.25) is 0 Å². The molecule has 1 aromatic heterocycles. The van der Waals surface area contributed by atoms with E-state index >= 15 is 0 Å². The number of ether oxygens (including phenoxy) is 5. The van der Waals surface area contributed by atoms with Crippen LogP contribution >= 0.6 is 0 Å². The molecule has 3 aliphatic rings. The van der Waals surface area contributed by atoms with Gasteiger partial charge in [0.25, 0.3) is 0 Å². The van der Waals surface area contributed by atoms with E-state index in [1.807, 2.05) is 84.1 Å². The molecule has 0 spiro atoms. The molecule has 0 saturated carbocycles. The molecule has 16 nitrogen and oxygen atoms in total. The van der Waals surface area contributed by atoms with Crippen molar-refractivity contribution in [2.75, 3.05) is 40.0 Å². The van der Waals surface area contributed by atoms with Crippen molar-refractivity contribution in [3.63, 3.8) is 0 Å². The zero-order valence-corrected chi connectivity index (χ0v) is 37.6. The maximum absolute atomic E-state index is 14.4. The summed E-state index contributed by atoms with van der Waals surface area (Å²) in [6.07, 6.45) is 1.05. The first-order valence-corrected chi connectivity index (χ1v) is 21.8. The Bertz CT molecular complexity index is 1760. The number of esters is 1. The van der Waals surface area contributed by atoms with Gasteiger partial charge in [-0.2, -0.15) is 0 Å². The average Bonchev–Trinajstić information content (AvgIpc) is 3.78. The summed E-state index contributed by atoms with van der Waals surface area (Å²) >= 11 is 0. The number of fused-ring (bicyclic) bond motifs is 1. The van der Waals surface area contributed by atoms with Crippen LogP contribution in [-0.4, -0.2) is 142 Å². The lowest BCUT2D eigenvalue weighted by atomic mass is 9.78. The fraction of sp³-hybridized carbons (Fsp3) is 0.750. The van der Waals surface area contributed by atoms with Gasteiger partial charge in [0.15, 0.2) is 17.7 Å². The fourth-order valence-corrected chi connectivity index (χ4v) is 9.65. The smallest absolute Gasteiger partial charge is 0.410 e. The molecule has 336 valence electrons. The highest BCUT2D eigenvalue weighted by Crippen LogP contribution is 2.40. The Balaban J connectivity index is 1.36. The van der Waals surface area contributed by atoms with E-state index in [9.17, 15) is 19.5 Å². The summed E-state index contributed by atoms with van der Waals surface area (Å²) in [7, 11) is 5.41. The van der Waals surface area contributed by atoms with Gasteiger partial charge >= 0.3 is 12.1 Å². The molecular formula is C44H71N7O9. The molecule has 0 radical (unpaired) electrons. The number of methoxy groups -OCH3 is 1. The van der Waals surface area contributed by atoms with Crippen LogP contribution in [0.25, 0.3) is 11.3 Å². The normalized spacial score (nSPS) is 36.2. The standard InChI is InChI=1S/C44H71N7O9/c1-12-35-44(8)38(51(42(55)60-44)21-14-13-20-50-25-33(47-48-50)31-16-15-17-32(45)23-31)30(6)46-19-18-26(2)24-43(7,56-11)39(28(4)36(52)29(5)40(54)58-35)59-41-37(53)34(49(9)10)22-27(3)57-41/h15-17,23,25-30,34-35,37-39,41,46,53H,12-14,18-22,24,45H2,1-11H3/t26-,27?,28+,29-,30+,34?,35-,37?,38-,39-,41+,43-,44-/m1/s1. The third-order valence-electron chi connectivity index (χ3n) is 13.1. The van der Waals surface area contributed by atoms with Gasteiger partial charge in [-0.1, -0.05) is 38.1 Å². The quantitative estimate of drug-likeness (QED) is 0.122. The number of nitrogen functional groups attached to an aromatic ring is 1. The lowest BCUT2D eigenvalue weighted by Crippen LogP contribution is -2.61. The summed E-state index contributed by atoms with van der Waals surface area (Å²) in [6, 6.07) is 6.53. The van der Waals surface area contributed by atoms with Gasteiger partial charge in [-0.05, 0) is 112 Å². The van der Waals surface area contributed by atoms with E-state index in [0.717, 1.165) is 24.1 Å². The topological polar surface area (TPSA) is 193 Å². The number of hydrogen-bond donors (Lipinski definition) is 3. The highest BCUT2D eigenvalue weighted by Gasteiger charge is 2.58. The fourth-order valence-electron chi connectivity index (χ4n) is 9.65. The van der Waals surface area contributed by atoms with Gasteiger partial charge in [0.1, 0.15) is 23.8 Å². The number of aryl methyl sites for hydroxylation is 1. The first kappa shape index (κ1) is 47.4. The summed E-state index contributed by atoms with van der Waals surface area (Å²) in [6.45, 7) is 16.6. The van der Waals surface area contributed by atoms with E-state index in [-0.39, 0.29) is 29.9 Å². The largest absolute Gasteiger partial charge is 0.458 e. The Morgan fingerprint density at radius 2 is 1.80 bits per heavy atom. The van der Waals surface area contributed by atoms with Crippen LogP contribution in [0.5, 0.6) is 0 Å². The number of rotatable bonds is 11. The van der Waals surface area contributed by atoms with Crippen molar-refractivity contribution in [3.05, 3.63) is 30.5 Å². The molecule has 16 heteroatoms. The average molecular weight is 842 g/mol. The van der Waals surface area contributed by atoms with Crippen LogP contribution in [0.15, 0.2) is 30.5 Å². The number of nitrogens with one attached hydrogen (secondary N) is 1. The highest BCUT2D eigenvalue weighted by atomic mass is 16.7. The molecule has 5 rings (SSSR count). The molecule has 3 aliphatic heterocycles. The third kappa shape index (κ3) is 10.5. The maximum atomic E-state index is 14.4. The van der Waals surface area contributed by atoms with Gasteiger partial charge in [-0.3, -0.25) is 19.2 Å². The number of nitrogens with zero attached hydrogens (tertiary/aromatic N) is 5. The molecule has 2 aromatic rings. The number of aromatic nitrogens is 3. The molecular weight excluding hydrogens is 771 g/mol. The molecule has 1 amide bonds. The van der Waals surface area contributed by atoms with E-state index in [1.54, 1.807) is 30.5 Å². The van der Waals surface area contributed by atoms with Crippen molar-refractivity contribution in [2.24, 2.45) is 17.8 Å². The summed E-state index contributed by atoms with van der Waals surface area (Å²) in [5.74, 6) is -3.05. The van der Waals surface area contributed by atoms with Crippen molar-refractivity contribution in [1.29, 1.82) is 0 Å². The number of Topliss-reactive ketones (excluding diaryl/α,β-unsaturated/α-hetero) is 1. The van der Waals surface area contributed by atoms with E-state index in [4.69, 9.17) is 29.4 Å². The monoisotopic (exact) mass is 842 g/mol. The Kier molecular flexibility index (Phi) is 15.8. The van der Waals surface area contributed by atoms with E-state index in [2.05, 4.69) is 22.6 Å². The van der Waals surface area contributed by atoms with Gasteiger partial charge < -0.3 is 44.7 Å². The summed E-state index contributed by atoms with van der Waals surface area (Å²) in [4.78, 5) is 46.0. The molecule has 4 N–H and O–H groups in total. The van der Waals surface area contributed by atoms with Crippen molar-refractivity contribution in [2.45, 2.75) is 160 Å². The summed E-state index contributed by atoms with van der Waals surface area (Å²) in [5, 5.41) is 23.7. The lowest BCUT2D eigenvalue weighted by molar-refractivity contribution is -0.295. The van der Waals surface area contributed by atoms with Crippen LogP contribution < -0.4 is 11.1 Å². The first-order chi connectivity index (χ1) is 28.3. The van der Waals surface area contributed by atoms with Gasteiger partial charge in [0.05, 0.1) is 30.0 Å². The SMILES string of the molecule is CC[C@H]1OC(=O)[C@H](C)C(=O)[C@H](C)[C@@H](O[C@@H]2OC(C)CC(N(C)C)C2O)[C@](C)(OC)C[C@H](C)CCN[C@@H](C)[C@H]2N(CCCCn3cc(-c4cccc(N)c4)nn3)C(=O)O[C@]12C. The van der Waals surface area contributed by atoms with Crippen LogP contribution in [-0.2, 0) is 39.8 Å². The van der Waals surface area contributed by atoms with Gasteiger partial charge in [0, 0.05) is 49.5 Å². The zero-order valence-electron chi connectivity index (χ0n) is 37.6. The van der Waals surface area contributed by atoms with Crippen LogP contribution in [0, 0.1) is 17.8 Å². The van der Waals surface area contributed by atoms with Gasteiger partial charge in [-0.15, -0.1) is 5.10 Å². The predicted molar refractivity (Wildman–Crippen MR) is 227 cm³/mol. The number of ketones is 1. The highest BCUT2D eigenvalue weighted by molar-refractivity contribution is 6.00. The number of carbonyl (C=O) groups is 3. The van der Waals surface area contributed by atoms with Crippen molar-refractivity contribution >= 4 is 23.5 Å². The number of aliphatic hydroxyl groups excluding tert-OH is 1. The second-order valence-electron chi connectivity index (χ2n) is 18.1. The van der Waals surface area contributed by atoms with Crippen LogP contribution in [0.2, 0.25) is 0 Å². The number of cyclic esters (lactones) is 1. The Labute approximate surface area is 356 Å². The Morgan fingerprint density at radius 3 is 2.47 bits per heavy atom. The minimum Gasteiger partial charge on any atom is -0.458 e. The third-order valence-corrected chi connectivity index (χ3v) is 13.1. The number of anilines is 1. The molecule has 13 atom stereocenters. The lowest BCUT2D eigenvalue weighted by Gasteiger charge is -2.47. The molecule has 3 fully saturated rings. The number of nitrogens with two attached hydrogens (primary N) is 1. The second kappa shape index (κ2) is 20.0. The van der Waals surface area contributed by atoms with Crippen molar-refractivity contribution in [3.8, 4) is 11.3 Å². The number of carbonyl (C=O) groups excluding carboxylic acids is 3. The first-order valence-electron chi connectivity index (χ1n) is 21.8. The Morgan fingerprint density at radius 1 is 1.08 bits per heavy atom. The zero-order chi connectivity index (χ0) is 44.1. The molecule has 0 bridgehead atoms. The molecule has 1 aromatic carbocycles. The van der Waals surface area contributed by atoms with Crippen molar-refractivity contribution in [1.82, 2.24) is 30.1 Å². The predicted octanol–water partition coefficient (Wildman–Crippen LogP) is 4.67. The molecule has 4 heterocycles. The number of aliphatic hydroxyl groups is 1. The summed E-state index contributed by atoms with van der Waals surface area (Å²) in [5.41, 5.74) is 6.00. The molecule has 60 heavy (non-hydrogen) atoms. The number of amides is 1. The molecule has 3 saturated heterocycles. The van der Waals surface area contributed by atoms with E-state index in [0.29, 0.717) is 51.0 Å². The molecule has 0 aliphatic carbocycles. The van der Waals surface area contributed by atoms with Gasteiger partial charge in [-0.25, -0.2) is 4.79 Å². The second-order valence-corrected chi connectivity index (χ2v) is 18.1. The minimum atomic E-state index is -1.22. The number of unbranched alkanes of at least 4 members (excludes halogenated alkanes) is 1. The Hall–Kier alpha value is -3.67. The summed E-state index contributed by atoms with van der Waals surface area (Å²) < 4.78 is 33.3. The maximum Gasteiger partial charge on any atom is 0.410 e. The van der Waals surface area contributed by atoms with Crippen LogP contribution in [0.3, 0.4) is 0 Å². The van der Waals surface area contributed by atoms with Crippen LogP contribution in [0.1, 0.15) is 93.9 Å². The number of hydrogen-bond acceptors (Lipinski definition) is 14. The van der Waals surface area contributed by atoms with Crippen LogP contribution in [0.4, 0.5) is 10.5 Å². The van der Waals surface area contributed by atoms with E-state index < -0.39 is 65.7 Å². The molecule has 3 unspecified atom stereocenters.